The number of hydrogen-bond acceptors (Lipinski definition) is 8. The highest BCUT2D eigenvalue weighted by Gasteiger charge is 2.65. The molecule has 6 rings (SSSR count). The van der Waals surface area contributed by atoms with Gasteiger partial charge in [0.2, 0.25) is 0 Å². The lowest BCUT2D eigenvalue weighted by Crippen LogP contribution is -2.59. The van der Waals surface area contributed by atoms with Gasteiger partial charge >= 0.3 is 17.9 Å². The molecule has 0 spiro atoms. The molecule has 2 aromatic rings. The standard InChI is InChI=1S/C42H58N2O6/c1-26(5-19-38(45)48-4)34-17-18-35-33-16-11-29-24-32(49-39(46)20-10-27-6-12-30(43)13-7-27)21-22-41(29,2)36(33)25-37(42(34,35)3)50-40(47)23-28-8-14-31(44)15-9-28/h6-9,12-15,26,29,32-37H,5,10-11,16-25,43-44H2,1-4H3/t26-,29-,32-,33+,34-,35+,36+,37+,41+,42-/m1/s1. The summed E-state index contributed by atoms with van der Waals surface area (Å²) >= 11 is 0. The lowest BCUT2D eigenvalue weighted by Gasteiger charge is -2.62. The molecular weight excluding hydrogens is 628 g/mol. The summed E-state index contributed by atoms with van der Waals surface area (Å²) < 4.78 is 17.7. The monoisotopic (exact) mass is 686 g/mol. The molecule has 0 bridgehead atoms. The molecule has 4 N–H and O–H groups in total. The first-order valence-electron chi connectivity index (χ1n) is 19.0. The first-order valence-corrected chi connectivity index (χ1v) is 19.0. The molecule has 0 radical (unpaired) electrons. The number of carbonyl (C=O) groups excluding carboxylic acids is 3. The number of anilines is 2. The second-order valence-electron chi connectivity index (χ2n) is 16.6. The lowest BCUT2D eigenvalue weighted by atomic mass is 9.43. The molecule has 2 aromatic carbocycles. The van der Waals surface area contributed by atoms with Crippen molar-refractivity contribution in [3.63, 3.8) is 0 Å². The Balaban J connectivity index is 1.17. The van der Waals surface area contributed by atoms with Crippen LogP contribution < -0.4 is 11.5 Å². The van der Waals surface area contributed by atoms with Crippen molar-refractivity contribution in [2.45, 2.75) is 116 Å². The van der Waals surface area contributed by atoms with Crippen LogP contribution in [0.5, 0.6) is 0 Å². The number of benzene rings is 2. The quantitative estimate of drug-likeness (QED) is 0.140. The van der Waals surface area contributed by atoms with Gasteiger partial charge in [-0.05, 0) is 141 Å². The van der Waals surface area contributed by atoms with Crippen LogP contribution >= 0.6 is 0 Å². The number of methoxy groups -OCH3 is 1. The Morgan fingerprint density at radius 1 is 0.780 bits per heavy atom. The Labute approximate surface area is 298 Å². The summed E-state index contributed by atoms with van der Waals surface area (Å²) in [7, 11) is 1.45. The lowest BCUT2D eigenvalue weighted by molar-refractivity contribution is -0.199. The number of fused-ring (bicyclic) bond motifs is 5. The normalized spacial score (nSPS) is 33.6. The van der Waals surface area contributed by atoms with Crippen LogP contribution in [0.3, 0.4) is 0 Å². The van der Waals surface area contributed by atoms with E-state index in [2.05, 4.69) is 20.8 Å². The van der Waals surface area contributed by atoms with Crippen LogP contribution in [-0.4, -0.2) is 37.2 Å². The van der Waals surface area contributed by atoms with E-state index < -0.39 is 0 Å². The SMILES string of the molecule is COC(=O)CC[C@@H](C)[C@H]1CC[C@H]2[C@@H]3CC[C@@H]4C[C@H](OC(=O)CCc5ccc(N)cc5)CC[C@]4(C)[C@H]3C[C@H](OC(=O)Cc3ccc(N)cc3)[C@]12C. The van der Waals surface area contributed by atoms with Crippen LogP contribution in [0.1, 0.15) is 103 Å². The van der Waals surface area contributed by atoms with Crippen molar-refractivity contribution < 1.29 is 28.6 Å². The maximum atomic E-state index is 13.7. The minimum absolute atomic E-state index is 0.0440. The maximum Gasteiger partial charge on any atom is 0.310 e. The Bertz CT molecular complexity index is 1510. The van der Waals surface area contributed by atoms with E-state index >= 15 is 0 Å². The van der Waals surface area contributed by atoms with E-state index in [1.165, 1.54) is 13.5 Å². The van der Waals surface area contributed by atoms with E-state index in [1.807, 2.05) is 48.5 Å². The molecular formula is C42H58N2O6. The third-order valence-corrected chi connectivity index (χ3v) is 14.0. The predicted octanol–water partition coefficient (Wildman–Crippen LogP) is 7.71. The fourth-order valence-corrected chi connectivity index (χ4v) is 11.2. The van der Waals surface area contributed by atoms with E-state index in [1.54, 1.807) is 0 Å². The molecule has 0 saturated heterocycles. The molecule has 4 fully saturated rings. The Hall–Kier alpha value is -3.55. The van der Waals surface area contributed by atoms with E-state index in [0.29, 0.717) is 60.5 Å². The number of carbonyl (C=O) groups is 3. The molecule has 0 amide bonds. The van der Waals surface area contributed by atoms with Gasteiger partial charge in [0, 0.05) is 29.6 Å². The summed E-state index contributed by atoms with van der Waals surface area (Å²) in [6, 6.07) is 15.2. The number of rotatable bonds is 11. The zero-order valence-electron chi connectivity index (χ0n) is 30.5. The number of nitrogen functional groups attached to an aromatic ring is 2. The number of aryl methyl sites for hydroxylation is 1. The van der Waals surface area contributed by atoms with Crippen LogP contribution in [0.4, 0.5) is 11.4 Å². The van der Waals surface area contributed by atoms with Gasteiger partial charge in [-0.2, -0.15) is 0 Å². The summed E-state index contributed by atoms with van der Waals surface area (Å²) in [5, 5.41) is 0. The van der Waals surface area contributed by atoms with Gasteiger partial charge in [-0.25, -0.2) is 0 Å². The Kier molecular flexibility index (Phi) is 10.9. The minimum atomic E-state index is -0.192. The average molecular weight is 687 g/mol. The van der Waals surface area contributed by atoms with E-state index in [0.717, 1.165) is 68.2 Å². The third kappa shape index (κ3) is 7.41. The van der Waals surface area contributed by atoms with Gasteiger partial charge in [0.15, 0.2) is 0 Å². The zero-order chi connectivity index (χ0) is 35.6. The highest BCUT2D eigenvalue weighted by molar-refractivity contribution is 5.73. The van der Waals surface area contributed by atoms with E-state index in [9.17, 15) is 14.4 Å². The van der Waals surface area contributed by atoms with Gasteiger partial charge in [-0.1, -0.05) is 45.0 Å². The summed E-state index contributed by atoms with van der Waals surface area (Å²) in [6.45, 7) is 7.16. The first kappa shape index (κ1) is 36.2. The first-order chi connectivity index (χ1) is 23.9. The van der Waals surface area contributed by atoms with Gasteiger partial charge in [0.05, 0.1) is 13.5 Å². The molecule has 0 aromatic heterocycles. The number of esters is 3. The van der Waals surface area contributed by atoms with E-state index in [4.69, 9.17) is 25.7 Å². The maximum absolute atomic E-state index is 13.7. The number of hydrogen-bond donors (Lipinski definition) is 2. The molecule has 0 heterocycles. The van der Waals surface area contributed by atoms with Crippen LogP contribution in [0.2, 0.25) is 0 Å². The van der Waals surface area contributed by atoms with Crippen molar-refractivity contribution in [1.29, 1.82) is 0 Å². The summed E-state index contributed by atoms with van der Waals surface area (Å²) in [6.07, 6.45) is 10.4. The largest absolute Gasteiger partial charge is 0.469 e. The van der Waals surface area contributed by atoms with Gasteiger partial charge in [-0.3, -0.25) is 14.4 Å². The molecule has 0 unspecified atom stereocenters. The van der Waals surface area contributed by atoms with Crippen molar-refractivity contribution in [3.8, 4) is 0 Å². The molecule has 4 aliphatic rings. The Morgan fingerprint density at radius 2 is 1.46 bits per heavy atom. The molecule has 4 aliphatic carbocycles. The summed E-state index contributed by atoms with van der Waals surface area (Å²) in [5.74, 6) is 2.16. The van der Waals surface area contributed by atoms with Crippen molar-refractivity contribution in [2.75, 3.05) is 18.6 Å². The van der Waals surface area contributed by atoms with Gasteiger partial charge in [0.25, 0.3) is 0 Å². The van der Waals surface area contributed by atoms with Crippen molar-refractivity contribution in [3.05, 3.63) is 59.7 Å². The average Bonchev–Trinajstić information content (AvgIpc) is 3.46. The molecule has 10 atom stereocenters. The summed E-state index contributed by atoms with van der Waals surface area (Å²) in [4.78, 5) is 38.7. The van der Waals surface area contributed by atoms with Gasteiger partial charge in [0.1, 0.15) is 12.2 Å². The third-order valence-electron chi connectivity index (χ3n) is 14.0. The van der Waals surface area contributed by atoms with Crippen LogP contribution in [-0.2, 0) is 41.4 Å². The van der Waals surface area contributed by atoms with Crippen LogP contribution in [0.25, 0.3) is 0 Å². The molecule has 0 aliphatic heterocycles. The van der Waals surface area contributed by atoms with E-state index in [-0.39, 0.29) is 47.4 Å². The molecule has 4 saturated carbocycles. The highest BCUT2D eigenvalue weighted by Crippen LogP contribution is 2.69. The Morgan fingerprint density at radius 3 is 2.14 bits per heavy atom. The van der Waals surface area contributed by atoms with Crippen molar-refractivity contribution >= 4 is 29.3 Å². The number of ether oxygens (including phenoxy) is 3. The second-order valence-corrected chi connectivity index (χ2v) is 16.6. The molecule has 8 heteroatoms. The second kappa shape index (κ2) is 15.0. The molecule has 272 valence electrons. The predicted molar refractivity (Wildman–Crippen MR) is 195 cm³/mol. The van der Waals surface area contributed by atoms with Crippen molar-refractivity contribution in [2.24, 2.45) is 46.3 Å². The summed E-state index contributed by atoms with van der Waals surface area (Å²) in [5.41, 5.74) is 15.1. The van der Waals surface area contributed by atoms with Crippen LogP contribution in [0, 0.1) is 46.3 Å². The fraction of sp³-hybridized carbons (Fsp3) is 0.643. The topological polar surface area (TPSA) is 131 Å². The van der Waals surface area contributed by atoms with Gasteiger partial charge in [-0.15, -0.1) is 0 Å². The number of nitrogens with two attached hydrogens (primary N) is 2. The smallest absolute Gasteiger partial charge is 0.310 e. The zero-order valence-corrected chi connectivity index (χ0v) is 30.5. The minimum Gasteiger partial charge on any atom is -0.469 e. The molecule has 50 heavy (non-hydrogen) atoms. The molecule has 8 nitrogen and oxygen atoms in total. The van der Waals surface area contributed by atoms with Gasteiger partial charge < -0.3 is 25.7 Å². The van der Waals surface area contributed by atoms with Crippen molar-refractivity contribution in [1.82, 2.24) is 0 Å². The van der Waals surface area contributed by atoms with Crippen LogP contribution in [0.15, 0.2) is 48.5 Å². The highest BCUT2D eigenvalue weighted by atomic mass is 16.5. The fourth-order valence-electron chi connectivity index (χ4n) is 11.2.